The van der Waals surface area contributed by atoms with E-state index < -0.39 is 22.7 Å². The second-order valence-electron chi connectivity index (χ2n) is 3.74. The van der Waals surface area contributed by atoms with Crippen molar-refractivity contribution in [3.63, 3.8) is 0 Å². The molecule has 0 aliphatic carbocycles. The molecule has 0 bridgehead atoms. The number of carboxylic acids is 1. The highest BCUT2D eigenvalue weighted by Gasteiger charge is 2.32. The van der Waals surface area contributed by atoms with Crippen LogP contribution in [0.1, 0.15) is 5.56 Å². The Morgan fingerprint density at radius 2 is 1.89 bits per heavy atom. The number of alkyl halides is 1. The lowest BCUT2D eigenvalue weighted by Crippen LogP contribution is -2.32. The fourth-order valence-electron chi connectivity index (χ4n) is 1.52. The third kappa shape index (κ3) is 3.73. The van der Waals surface area contributed by atoms with Crippen molar-refractivity contribution < 1.29 is 24.5 Å². The van der Waals surface area contributed by atoms with Crippen molar-refractivity contribution in [2.24, 2.45) is 5.92 Å². The van der Waals surface area contributed by atoms with Crippen molar-refractivity contribution in [2.75, 3.05) is 7.11 Å². The topological polar surface area (TPSA) is 83.8 Å². The molecule has 2 atom stereocenters. The van der Waals surface area contributed by atoms with Gasteiger partial charge in [-0.1, -0.05) is 28.1 Å². The van der Waals surface area contributed by atoms with Crippen LogP contribution in [0.15, 0.2) is 24.3 Å². The molecule has 0 saturated carbocycles. The second kappa shape index (κ2) is 6.39. The molecule has 0 aromatic heterocycles. The van der Waals surface area contributed by atoms with E-state index >= 15 is 0 Å². The number of phenols is 1. The number of benzene rings is 1. The number of carbonyl (C=O) groups excluding carboxylic acids is 1. The maximum absolute atomic E-state index is 11.6. The molecule has 0 spiro atoms. The number of hydrogen-bond donors (Lipinski definition) is 2. The third-order valence-electron chi connectivity index (χ3n) is 2.49. The van der Waals surface area contributed by atoms with Crippen molar-refractivity contribution in [1.82, 2.24) is 0 Å². The van der Waals surface area contributed by atoms with Crippen LogP contribution in [0.3, 0.4) is 0 Å². The fraction of sp³-hybridized carbons (Fsp3) is 0.333. The quantitative estimate of drug-likeness (QED) is 0.636. The number of hydrogen-bond acceptors (Lipinski definition) is 4. The van der Waals surface area contributed by atoms with Crippen LogP contribution < -0.4 is 0 Å². The molecule has 1 rings (SSSR count). The maximum Gasteiger partial charge on any atom is 0.318 e. The number of aromatic hydroxyl groups is 1. The molecule has 2 N–H and O–H groups in total. The summed E-state index contributed by atoms with van der Waals surface area (Å²) in [6, 6.07) is 6.22. The van der Waals surface area contributed by atoms with E-state index in [1.165, 1.54) is 19.2 Å². The van der Waals surface area contributed by atoms with Gasteiger partial charge in [0.15, 0.2) is 0 Å². The Hall–Kier alpha value is -1.56. The van der Waals surface area contributed by atoms with E-state index in [9.17, 15) is 9.59 Å². The van der Waals surface area contributed by atoms with Crippen LogP contribution in [0.2, 0.25) is 0 Å². The molecule has 0 fully saturated rings. The Bertz CT molecular complexity index is 429. The van der Waals surface area contributed by atoms with Crippen LogP contribution in [0, 0.1) is 5.92 Å². The highest BCUT2D eigenvalue weighted by atomic mass is 79.9. The van der Waals surface area contributed by atoms with Gasteiger partial charge in [-0.2, -0.15) is 0 Å². The normalized spacial score (nSPS) is 13.7. The summed E-state index contributed by atoms with van der Waals surface area (Å²) in [4.78, 5) is 21.5. The zero-order chi connectivity index (χ0) is 13.7. The van der Waals surface area contributed by atoms with Gasteiger partial charge < -0.3 is 14.9 Å². The van der Waals surface area contributed by atoms with E-state index in [-0.39, 0.29) is 12.2 Å². The first-order valence-corrected chi connectivity index (χ1v) is 6.10. The molecule has 18 heavy (non-hydrogen) atoms. The lowest BCUT2D eigenvalue weighted by atomic mass is 9.96. The summed E-state index contributed by atoms with van der Waals surface area (Å²) in [7, 11) is 1.22. The van der Waals surface area contributed by atoms with Crippen molar-refractivity contribution >= 4 is 27.9 Å². The van der Waals surface area contributed by atoms with Gasteiger partial charge in [0.1, 0.15) is 10.6 Å². The van der Waals surface area contributed by atoms with Crippen LogP contribution in [0.25, 0.3) is 0 Å². The number of phenolic OH excluding ortho intramolecular Hbond substituents is 1. The van der Waals surface area contributed by atoms with E-state index in [4.69, 9.17) is 10.2 Å². The first-order valence-electron chi connectivity index (χ1n) is 5.18. The molecule has 0 aliphatic heterocycles. The second-order valence-corrected chi connectivity index (χ2v) is 4.73. The van der Waals surface area contributed by atoms with Crippen LogP contribution in [0.4, 0.5) is 0 Å². The zero-order valence-electron chi connectivity index (χ0n) is 9.67. The molecule has 0 amide bonds. The summed E-state index contributed by atoms with van der Waals surface area (Å²) in [5, 5.41) is 18.1. The highest BCUT2D eigenvalue weighted by molar-refractivity contribution is 9.10. The molecular weight excluding hydrogens is 304 g/mol. The number of esters is 1. The average molecular weight is 317 g/mol. The monoisotopic (exact) mass is 316 g/mol. The van der Waals surface area contributed by atoms with Gasteiger partial charge in [-0.15, -0.1) is 0 Å². The minimum Gasteiger partial charge on any atom is -0.508 e. The molecule has 0 saturated heterocycles. The smallest absolute Gasteiger partial charge is 0.318 e. The van der Waals surface area contributed by atoms with E-state index in [1.54, 1.807) is 12.1 Å². The minimum atomic E-state index is -1.12. The Labute approximate surface area is 113 Å². The molecule has 0 aliphatic rings. The lowest BCUT2D eigenvalue weighted by Gasteiger charge is -2.17. The van der Waals surface area contributed by atoms with Gasteiger partial charge in [-0.3, -0.25) is 9.59 Å². The molecular formula is C12H13BrO5. The fourth-order valence-corrected chi connectivity index (χ4v) is 1.92. The maximum atomic E-state index is 11.6. The molecule has 98 valence electrons. The molecule has 0 heterocycles. The molecule has 1 aromatic carbocycles. The number of carboxylic acid groups (broad SMARTS) is 1. The standard InChI is InChI=1S/C12H13BrO5/c1-18-12(17)9(10(13)11(15)16)6-7-2-4-8(14)5-3-7/h2-5,9-10,14H,6H2,1H3,(H,15,16). The summed E-state index contributed by atoms with van der Waals surface area (Å²) in [6.45, 7) is 0. The Morgan fingerprint density at radius 1 is 1.33 bits per heavy atom. The highest BCUT2D eigenvalue weighted by Crippen LogP contribution is 2.21. The number of carbonyl (C=O) groups is 2. The van der Waals surface area contributed by atoms with Crippen molar-refractivity contribution in [1.29, 1.82) is 0 Å². The number of aliphatic carboxylic acids is 1. The van der Waals surface area contributed by atoms with Crippen molar-refractivity contribution in [3.8, 4) is 5.75 Å². The zero-order valence-corrected chi connectivity index (χ0v) is 11.3. The van der Waals surface area contributed by atoms with Gasteiger partial charge in [0.05, 0.1) is 13.0 Å². The molecule has 0 radical (unpaired) electrons. The van der Waals surface area contributed by atoms with E-state index in [2.05, 4.69) is 20.7 Å². The van der Waals surface area contributed by atoms with Crippen LogP contribution in [-0.4, -0.2) is 34.1 Å². The summed E-state index contributed by atoms with van der Waals surface area (Å²) in [5.41, 5.74) is 0.744. The summed E-state index contributed by atoms with van der Waals surface area (Å²) >= 11 is 2.97. The van der Waals surface area contributed by atoms with Crippen LogP contribution in [0.5, 0.6) is 5.75 Å². The van der Waals surface area contributed by atoms with Gasteiger partial charge in [0.25, 0.3) is 0 Å². The third-order valence-corrected chi connectivity index (χ3v) is 3.51. The van der Waals surface area contributed by atoms with E-state index in [1.807, 2.05) is 0 Å². The van der Waals surface area contributed by atoms with Gasteiger partial charge in [-0.05, 0) is 24.1 Å². The predicted molar refractivity (Wildman–Crippen MR) is 67.7 cm³/mol. The van der Waals surface area contributed by atoms with Gasteiger partial charge in [0.2, 0.25) is 0 Å². The summed E-state index contributed by atoms with van der Waals surface area (Å²) < 4.78 is 4.60. The molecule has 2 unspecified atom stereocenters. The number of rotatable bonds is 5. The predicted octanol–water partition coefficient (Wildman–Crippen LogP) is 1.57. The largest absolute Gasteiger partial charge is 0.508 e. The van der Waals surface area contributed by atoms with E-state index in [0.717, 1.165) is 5.56 Å². The van der Waals surface area contributed by atoms with Crippen LogP contribution >= 0.6 is 15.9 Å². The number of ether oxygens (including phenoxy) is 1. The van der Waals surface area contributed by atoms with Crippen molar-refractivity contribution in [3.05, 3.63) is 29.8 Å². The lowest BCUT2D eigenvalue weighted by molar-refractivity contribution is -0.149. The summed E-state index contributed by atoms with van der Waals surface area (Å²) in [5.74, 6) is -2.42. The Kier molecular flexibility index (Phi) is 5.15. The minimum absolute atomic E-state index is 0.113. The SMILES string of the molecule is COC(=O)C(Cc1ccc(O)cc1)C(Br)C(=O)O. The van der Waals surface area contributed by atoms with Gasteiger partial charge >= 0.3 is 11.9 Å². The number of methoxy groups -OCH3 is 1. The molecule has 5 nitrogen and oxygen atoms in total. The van der Waals surface area contributed by atoms with Crippen molar-refractivity contribution in [2.45, 2.75) is 11.2 Å². The molecule has 1 aromatic rings. The Balaban J connectivity index is 2.88. The van der Waals surface area contributed by atoms with Crippen LogP contribution in [-0.2, 0) is 20.7 Å². The number of halogens is 1. The first kappa shape index (κ1) is 14.5. The van der Waals surface area contributed by atoms with E-state index in [0.29, 0.717) is 0 Å². The average Bonchev–Trinajstić information content (AvgIpc) is 2.36. The Morgan fingerprint density at radius 3 is 2.33 bits per heavy atom. The van der Waals surface area contributed by atoms with Gasteiger partial charge in [0, 0.05) is 0 Å². The molecule has 6 heteroatoms. The summed E-state index contributed by atoms with van der Waals surface area (Å²) in [6.07, 6.45) is 0.217. The first-order chi connectivity index (χ1) is 8.45. The van der Waals surface area contributed by atoms with Gasteiger partial charge in [-0.25, -0.2) is 0 Å².